The Bertz CT molecular complexity index is 3070. The Morgan fingerprint density at radius 1 is 0.431 bits per heavy atom. The van der Waals surface area contributed by atoms with E-state index < -0.39 is 0 Å². The topological polar surface area (TPSA) is 76.2 Å². The molecule has 6 nitrogen and oxygen atoms in total. The maximum Gasteiger partial charge on any atom is 0.163 e. The van der Waals surface area contributed by atoms with Crippen LogP contribution in [0.2, 0.25) is 0 Å². The standard InChI is InChI=1S/C45H27N3O3/c1-2-10-26(11-3-1)43-46-44(28-21-23-39-35(25-28)31-13-5-6-18-37(31)49-39)48-45(47-43)34-17-9-16-33-36-24-27(20-22-40(36)51-42(33)34)29-14-8-15-32-30-12-4-7-19-38(30)50-41(29)32/h1-25,44H,(H,46,47,48). The van der Waals surface area contributed by atoms with Crippen LogP contribution in [-0.2, 0) is 0 Å². The monoisotopic (exact) mass is 657 g/mol. The molecule has 1 aliphatic rings. The van der Waals surface area contributed by atoms with Crippen LogP contribution in [0.4, 0.5) is 0 Å². The van der Waals surface area contributed by atoms with Crippen LogP contribution in [0.1, 0.15) is 22.9 Å². The lowest BCUT2D eigenvalue weighted by Crippen LogP contribution is -2.33. The average Bonchev–Trinajstić information content (AvgIpc) is 3.89. The van der Waals surface area contributed by atoms with Gasteiger partial charge in [0.15, 0.2) is 5.84 Å². The lowest BCUT2D eigenvalue weighted by Gasteiger charge is -2.23. The highest BCUT2D eigenvalue weighted by Gasteiger charge is 2.24. The largest absolute Gasteiger partial charge is 0.456 e. The number of benzene rings is 7. The summed E-state index contributed by atoms with van der Waals surface area (Å²) >= 11 is 0. The number of para-hydroxylation sites is 4. The van der Waals surface area contributed by atoms with Crippen molar-refractivity contribution in [3.8, 4) is 11.1 Å². The number of aliphatic imine (C=N–C) groups is 2. The van der Waals surface area contributed by atoms with E-state index in [0.717, 1.165) is 99.5 Å². The minimum absolute atomic E-state index is 0.388. The molecule has 1 unspecified atom stereocenters. The molecule has 10 aromatic rings. The lowest BCUT2D eigenvalue weighted by atomic mass is 10.00. The Balaban J connectivity index is 1.07. The molecule has 0 bridgehead atoms. The molecule has 240 valence electrons. The van der Waals surface area contributed by atoms with E-state index in [1.807, 2.05) is 72.8 Å². The van der Waals surface area contributed by atoms with E-state index in [0.29, 0.717) is 5.84 Å². The number of nitrogens with zero attached hydrogens (tertiary/aromatic N) is 2. The number of hydrogen-bond donors (Lipinski definition) is 1. The summed E-state index contributed by atoms with van der Waals surface area (Å²) in [4.78, 5) is 10.3. The molecule has 0 aliphatic carbocycles. The zero-order valence-corrected chi connectivity index (χ0v) is 27.1. The van der Waals surface area contributed by atoms with Crippen LogP contribution in [0.15, 0.2) is 175 Å². The summed E-state index contributed by atoms with van der Waals surface area (Å²) in [5.41, 5.74) is 9.95. The van der Waals surface area contributed by atoms with Crippen LogP contribution < -0.4 is 5.32 Å². The van der Waals surface area contributed by atoms with Gasteiger partial charge < -0.3 is 18.6 Å². The van der Waals surface area contributed by atoms with Gasteiger partial charge in [0.1, 0.15) is 45.5 Å². The van der Waals surface area contributed by atoms with Gasteiger partial charge in [-0.05, 0) is 53.6 Å². The molecule has 6 heteroatoms. The predicted octanol–water partition coefficient (Wildman–Crippen LogP) is 11.5. The highest BCUT2D eigenvalue weighted by Crippen LogP contribution is 2.40. The minimum atomic E-state index is -0.388. The van der Waals surface area contributed by atoms with Crippen molar-refractivity contribution in [3.05, 3.63) is 168 Å². The molecule has 0 amide bonds. The number of fused-ring (bicyclic) bond motifs is 9. The van der Waals surface area contributed by atoms with Crippen LogP contribution in [0.5, 0.6) is 0 Å². The van der Waals surface area contributed by atoms with Gasteiger partial charge >= 0.3 is 0 Å². The molecule has 1 aliphatic heterocycles. The normalized spacial score (nSPS) is 14.9. The molecule has 11 rings (SSSR count). The third-order valence-corrected chi connectivity index (χ3v) is 9.96. The summed E-state index contributed by atoms with van der Waals surface area (Å²) in [5, 5.41) is 9.98. The van der Waals surface area contributed by atoms with Crippen molar-refractivity contribution in [2.45, 2.75) is 6.17 Å². The zero-order valence-electron chi connectivity index (χ0n) is 27.1. The van der Waals surface area contributed by atoms with E-state index in [1.165, 1.54) is 0 Å². The number of amidine groups is 2. The molecular formula is C45H27N3O3. The van der Waals surface area contributed by atoms with Crippen LogP contribution in [-0.4, -0.2) is 11.7 Å². The van der Waals surface area contributed by atoms with Gasteiger partial charge in [0.05, 0.1) is 5.56 Å². The third-order valence-electron chi connectivity index (χ3n) is 9.96. The fourth-order valence-corrected chi connectivity index (χ4v) is 7.51. The van der Waals surface area contributed by atoms with Gasteiger partial charge in [-0.1, -0.05) is 109 Å². The summed E-state index contributed by atoms with van der Waals surface area (Å²) in [6.45, 7) is 0. The first-order valence-electron chi connectivity index (χ1n) is 17.0. The van der Waals surface area contributed by atoms with Gasteiger partial charge in [0.25, 0.3) is 0 Å². The van der Waals surface area contributed by atoms with Gasteiger partial charge in [-0.2, -0.15) is 0 Å². The van der Waals surface area contributed by atoms with Crippen LogP contribution in [0.3, 0.4) is 0 Å². The lowest BCUT2D eigenvalue weighted by molar-refractivity contribution is 0.660. The Labute approximate surface area is 291 Å². The highest BCUT2D eigenvalue weighted by atomic mass is 16.3. The summed E-state index contributed by atoms with van der Waals surface area (Å²) in [6, 6.07) is 51.6. The number of hydrogen-bond acceptors (Lipinski definition) is 6. The summed E-state index contributed by atoms with van der Waals surface area (Å²) < 4.78 is 19.1. The quantitative estimate of drug-likeness (QED) is 0.204. The van der Waals surface area contributed by atoms with E-state index in [9.17, 15) is 0 Å². The molecule has 0 fully saturated rings. The van der Waals surface area contributed by atoms with E-state index in [-0.39, 0.29) is 6.17 Å². The van der Waals surface area contributed by atoms with E-state index in [2.05, 4.69) is 84.2 Å². The van der Waals surface area contributed by atoms with E-state index in [4.69, 9.17) is 23.2 Å². The van der Waals surface area contributed by atoms with Gasteiger partial charge in [0.2, 0.25) is 0 Å². The Kier molecular flexibility index (Phi) is 5.92. The molecule has 0 saturated heterocycles. The summed E-state index contributed by atoms with van der Waals surface area (Å²) in [6.07, 6.45) is -0.388. The second kappa shape index (κ2) is 10.8. The number of nitrogens with one attached hydrogen (secondary N) is 1. The molecule has 0 saturated carbocycles. The van der Waals surface area contributed by atoms with Crippen molar-refractivity contribution >= 4 is 77.5 Å². The predicted molar refractivity (Wildman–Crippen MR) is 206 cm³/mol. The molecule has 51 heavy (non-hydrogen) atoms. The Hall–Kier alpha value is -6.92. The first-order valence-corrected chi connectivity index (χ1v) is 17.0. The second-order valence-corrected chi connectivity index (χ2v) is 13.0. The summed E-state index contributed by atoms with van der Waals surface area (Å²) in [7, 11) is 0. The minimum Gasteiger partial charge on any atom is -0.456 e. The fourth-order valence-electron chi connectivity index (χ4n) is 7.51. The number of rotatable bonds is 4. The number of furan rings is 3. The molecular weight excluding hydrogens is 631 g/mol. The molecule has 1 N–H and O–H groups in total. The summed E-state index contributed by atoms with van der Waals surface area (Å²) in [5.74, 6) is 1.35. The van der Waals surface area contributed by atoms with Crippen molar-refractivity contribution in [2.24, 2.45) is 9.98 Å². The van der Waals surface area contributed by atoms with Crippen LogP contribution in [0.25, 0.3) is 76.9 Å². The maximum atomic E-state index is 6.63. The molecule has 3 aromatic heterocycles. The fraction of sp³-hybridized carbons (Fsp3) is 0.0222. The van der Waals surface area contributed by atoms with Crippen molar-refractivity contribution in [1.82, 2.24) is 5.32 Å². The first-order chi connectivity index (χ1) is 25.2. The van der Waals surface area contributed by atoms with Gasteiger partial charge in [-0.15, -0.1) is 0 Å². The van der Waals surface area contributed by atoms with E-state index in [1.54, 1.807) is 0 Å². The molecule has 0 radical (unpaired) electrons. The van der Waals surface area contributed by atoms with Crippen LogP contribution in [0, 0.1) is 0 Å². The maximum absolute atomic E-state index is 6.63. The van der Waals surface area contributed by atoms with Crippen molar-refractivity contribution in [2.75, 3.05) is 0 Å². The van der Waals surface area contributed by atoms with Crippen LogP contribution >= 0.6 is 0 Å². The molecule has 7 aromatic carbocycles. The van der Waals surface area contributed by atoms with E-state index >= 15 is 0 Å². The van der Waals surface area contributed by atoms with Gasteiger partial charge in [-0.25, -0.2) is 9.98 Å². The smallest absolute Gasteiger partial charge is 0.163 e. The van der Waals surface area contributed by atoms with Crippen molar-refractivity contribution < 1.29 is 13.3 Å². The Morgan fingerprint density at radius 2 is 1.02 bits per heavy atom. The Morgan fingerprint density at radius 3 is 1.84 bits per heavy atom. The highest BCUT2D eigenvalue weighted by molar-refractivity contribution is 6.20. The zero-order chi connectivity index (χ0) is 33.5. The molecule has 1 atom stereocenters. The van der Waals surface area contributed by atoms with Gasteiger partial charge in [-0.3, -0.25) is 0 Å². The first kappa shape index (κ1) is 28.0. The van der Waals surface area contributed by atoms with Crippen molar-refractivity contribution in [3.63, 3.8) is 0 Å². The van der Waals surface area contributed by atoms with Gasteiger partial charge in [0, 0.05) is 43.4 Å². The van der Waals surface area contributed by atoms with Crippen molar-refractivity contribution in [1.29, 1.82) is 0 Å². The molecule has 4 heterocycles. The molecule has 0 spiro atoms. The second-order valence-electron chi connectivity index (χ2n) is 13.0. The average molecular weight is 658 g/mol. The third kappa shape index (κ3) is 4.36. The SMILES string of the molecule is c1ccc(C2=NC(c3cccc4c3oc3ccc(-c5cccc6c5oc5ccccc56)cc34)=NC(c3ccc4oc5ccccc5c4c3)N2)cc1.